The summed E-state index contributed by atoms with van der Waals surface area (Å²) in [5.74, 6) is 0.596. The first kappa shape index (κ1) is 20.0. The molecule has 0 N–H and O–H groups in total. The largest absolute Gasteiger partial charge is 3.00 e. The van der Waals surface area contributed by atoms with E-state index in [1.165, 1.54) is 26.8 Å². The molecule has 0 unspecified atom stereocenters. The summed E-state index contributed by atoms with van der Waals surface area (Å²) in [5.41, 5.74) is 2.80. The molecule has 0 amide bonds. The fourth-order valence-corrected chi connectivity index (χ4v) is 3.00. The number of benzene rings is 1. The molecule has 0 nitrogen and oxygen atoms in total. The summed E-state index contributed by atoms with van der Waals surface area (Å²) in [6.07, 6.45) is 0. The van der Waals surface area contributed by atoms with Crippen LogP contribution in [0.4, 0.5) is 0 Å². The van der Waals surface area contributed by atoms with Gasteiger partial charge in [-0.25, -0.2) is 0 Å². The Labute approximate surface area is 155 Å². The molecular formula is C16H15Cl2SZr. The van der Waals surface area contributed by atoms with E-state index in [1.54, 1.807) is 0 Å². The van der Waals surface area contributed by atoms with Gasteiger partial charge >= 0.3 is 26.2 Å². The van der Waals surface area contributed by atoms with Crippen LogP contribution in [0.3, 0.4) is 0 Å². The van der Waals surface area contributed by atoms with Gasteiger partial charge in [-0.1, -0.05) is 31.5 Å². The predicted octanol–water partition coefficient (Wildman–Crippen LogP) is -0.584. The Balaban J connectivity index is 0.00000120. The molecule has 0 fully saturated rings. The van der Waals surface area contributed by atoms with Gasteiger partial charge in [0.05, 0.1) is 0 Å². The van der Waals surface area contributed by atoms with Crippen molar-refractivity contribution >= 4 is 22.1 Å². The van der Waals surface area contributed by atoms with Gasteiger partial charge in [-0.05, 0) is 17.4 Å². The van der Waals surface area contributed by atoms with E-state index in [-0.39, 0.29) is 51.0 Å². The monoisotopic (exact) mass is 399 g/mol. The van der Waals surface area contributed by atoms with Crippen LogP contribution < -0.4 is 24.8 Å². The maximum Gasteiger partial charge on any atom is 3.00 e. The summed E-state index contributed by atoms with van der Waals surface area (Å²) in [7, 11) is 0. The number of hydrogen-bond acceptors (Lipinski definition) is 1. The van der Waals surface area contributed by atoms with E-state index in [4.69, 9.17) is 0 Å². The number of thiophene rings is 1. The van der Waals surface area contributed by atoms with E-state index in [2.05, 4.69) is 61.7 Å². The molecular weight excluding hydrogens is 386 g/mol. The molecule has 20 heavy (non-hydrogen) atoms. The Morgan fingerprint density at radius 1 is 1.05 bits per heavy atom. The number of halogens is 2. The van der Waals surface area contributed by atoms with Crippen molar-refractivity contribution in [2.45, 2.75) is 19.8 Å². The summed E-state index contributed by atoms with van der Waals surface area (Å²) >= 11 is 1.81. The van der Waals surface area contributed by atoms with Crippen molar-refractivity contribution in [3.05, 3.63) is 53.4 Å². The van der Waals surface area contributed by atoms with E-state index in [9.17, 15) is 0 Å². The number of rotatable bonds is 2. The van der Waals surface area contributed by atoms with Gasteiger partial charge in [-0.15, -0.1) is 45.9 Å². The molecule has 1 heterocycles. The molecule has 3 rings (SSSR count). The van der Waals surface area contributed by atoms with E-state index in [1.807, 2.05) is 11.3 Å². The summed E-state index contributed by atoms with van der Waals surface area (Å²) in [4.78, 5) is 1.36. The van der Waals surface area contributed by atoms with Crippen LogP contribution in [0, 0.1) is 0 Å². The Hall–Kier alpha value is -0.00688. The smallest absolute Gasteiger partial charge is 1.00 e. The third-order valence-corrected chi connectivity index (χ3v) is 4.13. The predicted molar refractivity (Wildman–Crippen MR) is 76.9 cm³/mol. The average Bonchev–Trinajstić information content (AvgIpc) is 2.97. The van der Waals surface area contributed by atoms with Crippen LogP contribution in [0.15, 0.2) is 47.8 Å². The van der Waals surface area contributed by atoms with Crippen LogP contribution in [0.2, 0.25) is 0 Å². The van der Waals surface area contributed by atoms with Gasteiger partial charge in [0.25, 0.3) is 0 Å². The standard InChI is InChI=1S/C16H15S.2ClH.Zr/c1-11(2)13-9-12-5-3-6-14(15(12)10-13)16-7-4-8-17-16;;;/h3-11H,1-2H3;2*1H;/q-1;;;+3/p-2. The van der Waals surface area contributed by atoms with Gasteiger partial charge in [0.15, 0.2) is 0 Å². The van der Waals surface area contributed by atoms with E-state index >= 15 is 0 Å². The number of fused-ring (bicyclic) bond motifs is 1. The van der Waals surface area contributed by atoms with Gasteiger partial charge in [-0.3, -0.25) is 0 Å². The molecule has 2 aromatic carbocycles. The Morgan fingerprint density at radius 3 is 2.40 bits per heavy atom. The minimum atomic E-state index is 0. The third kappa shape index (κ3) is 3.80. The third-order valence-electron chi connectivity index (χ3n) is 3.23. The normalized spacial score (nSPS) is 9.75. The Kier molecular flexibility index (Phi) is 8.44. The van der Waals surface area contributed by atoms with Crippen molar-refractivity contribution in [3.63, 3.8) is 0 Å². The second-order valence-corrected chi connectivity index (χ2v) is 5.68. The minimum Gasteiger partial charge on any atom is -1.00 e. The zero-order chi connectivity index (χ0) is 11.8. The summed E-state index contributed by atoms with van der Waals surface area (Å²) < 4.78 is 0. The van der Waals surface area contributed by atoms with Crippen molar-refractivity contribution in [2.75, 3.05) is 0 Å². The molecule has 3 aromatic rings. The molecule has 1 aromatic heterocycles. The molecule has 0 aliphatic carbocycles. The second-order valence-electron chi connectivity index (χ2n) is 4.73. The van der Waals surface area contributed by atoms with Gasteiger partial charge < -0.3 is 24.8 Å². The van der Waals surface area contributed by atoms with Crippen molar-refractivity contribution in [1.82, 2.24) is 0 Å². The Morgan fingerprint density at radius 2 is 1.80 bits per heavy atom. The first-order valence-electron chi connectivity index (χ1n) is 5.99. The molecule has 1 radical (unpaired) electrons. The van der Waals surface area contributed by atoms with Crippen LogP contribution in [0.5, 0.6) is 0 Å². The number of hydrogen-bond donors (Lipinski definition) is 0. The molecule has 0 atom stereocenters. The average molecular weight is 401 g/mol. The summed E-state index contributed by atoms with van der Waals surface area (Å²) in [6, 6.07) is 15.6. The van der Waals surface area contributed by atoms with Crippen LogP contribution in [-0.4, -0.2) is 0 Å². The SMILES string of the molecule is CC(C)c1cc2c(-c3cccs3)cccc2[cH-]1.[Cl-].[Cl-].[Zr+3]. The van der Waals surface area contributed by atoms with Crippen LogP contribution in [0.25, 0.3) is 21.2 Å². The van der Waals surface area contributed by atoms with E-state index in [0.717, 1.165) is 0 Å². The van der Waals surface area contributed by atoms with Gasteiger partial charge in [-0.2, -0.15) is 6.07 Å². The minimum absolute atomic E-state index is 0. The van der Waals surface area contributed by atoms with E-state index in [0.29, 0.717) is 5.92 Å². The first-order chi connectivity index (χ1) is 8.25. The molecule has 0 aliphatic heterocycles. The molecule has 0 saturated heterocycles. The van der Waals surface area contributed by atoms with Gasteiger partial charge in [0.2, 0.25) is 0 Å². The topological polar surface area (TPSA) is 0 Å². The molecule has 0 saturated carbocycles. The fraction of sp³-hybridized carbons (Fsp3) is 0.188. The Bertz CT molecular complexity index is 642. The molecule has 103 valence electrons. The quantitative estimate of drug-likeness (QED) is 0.504. The fourth-order valence-electron chi connectivity index (χ4n) is 2.24. The van der Waals surface area contributed by atoms with Gasteiger partial charge in [0.1, 0.15) is 0 Å². The second kappa shape index (κ2) is 8.44. The van der Waals surface area contributed by atoms with Crippen LogP contribution >= 0.6 is 11.3 Å². The molecule has 0 aliphatic rings. The van der Waals surface area contributed by atoms with E-state index < -0.39 is 0 Å². The molecule has 0 spiro atoms. The van der Waals surface area contributed by atoms with Crippen molar-refractivity contribution < 1.29 is 51.0 Å². The summed E-state index contributed by atoms with van der Waals surface area (Å²) in [6.45, 7) is 4.50. The first-order valence-corrected chi connectivity index (χ1v) is 6.87. The van der Waals surface area contributed by atoms with Gasteiger partial charge in [0, 0.05) is 4.88 Å². The van der Waals surface area contributed by atoms with Crippen LogP contribution in [0.1, 0.15) is 25.3 Å². The molecule has 4 heteroatoms. The van der Waals surface area contributed by atoms with Crippen molar-refractivity contribution in [3.8, 4) is 10.4 Å². The molecule has 0 bridgehead atoms. The maximum absolute atomic E-state index is 2.34. The zero-order valence-electron chi connectivity index (χ0n) is 11.4. The van der Waals surface area contributed by atoms with Crippen molar-refractivity contribution in [1.29, 1.82) is 0 Å². The maximum atomic E-state index is 2.34. The summed E-state index contributed by atoms with van der Waals surface area (Å²) in [5, 5.41) is 4.89. The zero-order valence-corrected chi connectivity index (χ0v) is 16.1. The van der Waals surface area contributed by atoms with Crippen molar-refractivity contribution in [2.24, 2.45) is 0 Å². The van der Waals surface area contributed by atoms with Crippen LogP contribution in [-0.2, 0) is 26.2 Å².